The molecule has 1 saturated carbocycles. The van der Waals surface area contributed by atoms with Crippen molar-refractivity contribution in [1.29, 1.82) is 0 Å². The van der Waals surface area contributed by atoms with Crippen LogP contribution in [0.5, 0.6) is 0 Å². The maximum absolute atomic E-state index is 5.82. The first-order valence-electron chi connectivity index (χ1n) is 7.22. The molecule has 1 aromatic rings. The molecule has 104 valence electrons. The van der Waals surface area contributed by atoms with Crippen molar-refractivity contribution >= 4 is 0 Å². The summed E-state index contributed by atoms with van der Waals surface area (Å²) in [4.78, 5) is 0. The summed E-state index contributed by atoms with van der Waals surface area (Å²) >= 11 is 0. The Hall–Kier alpha value is -0.900. The molecule has 0 atom stereocenters. The molecule has 0 unspecified atom stereocenters. The van der Waals surface area contributed by atoms with E-state index in [1.807, 2.05) is 0 Å². The number of hydrogen-bond acceptors (Lipinski definition) is 3. The average Bonchev–Trinajstić information content (AvgIpc) is 2.90. The molecule has 1 aromatic carbocycles. The fraction of sp³-hybridized carbons (Fsp3) is 0.625. The Bertz CT molecular complexity index is 425. The second-order valence-corrected chi connectivity index (χ2v) is 5.81. The monoisotopic (exact) mass is 261 g/mol. The Labute approximate surface area is 115 Å². The third-order valence-electron chi connectivity index (χ3n) is 4.76. The van der Waals surface area contributed by atoms with Crippen LogP contribution in [-0.2, 0) is 15.0 Å². The molecule has 19 heavy (non-hydrogen) atoms. The van der Waals surface area contributed by atoms with E-state index in [0.717, 1.165) is 38.9 Å². The molecular formula is C16H23NO2. The normalized spacial score (nSPS) is 24.7. The third-order valence-corrected chi connectivity index (χ3v) is 4.76. The van der Waals surface area contributed by atoms with Crippen molar-refractivity contribution in [3.05, 3.63) is 35.4 Å². The Kier molecular flexibility index (Phi) is 3.37. The highest BCUT2D eigenvalue weighted by atomic mass is 16.7. The Morgan fingerprint density at radius 3 is 2.05 bits per heavy atom. The number of ether oxygens (including phenoxy) is 2. The molecule has 3 nitrogen and oxygen atoms in total. The lowest BCUT2D eigenvalue weighted by atomic mass is 9.74. The Morgan fingerprint density at radius 1 is 0.947 bits per heavy atom. The maximum atomic E-state index is 5.82. The predicted octanol–water partition coefficient (Wildman–Crippen LogP) is 2.73. The largest absolute Gasteiger partial charge is 0.348 e. The molecule has 0 radical (unpaired) electrons. The summed E-state index contributed by atoms with van der Waals surface area (Å²) in [7, 11) is 2.06. The number of hydrogen-bond donors (Lipinski definition) is 1. The van der Waals surface area contributed by atoms with Gasteiger partial charge in [0.05, 0.1) is 13.2 Å². The number of aryl methyl sites for hydroxylation is 1. The van der Waals surface area contributed by atoms with Gasteiger partial charge in [0, 0.05) is 18.4 Å². The zero-order valence-corrected chi connectivity index (χ0v) is 11.9. The van der Waals surface area contributed by atoms with Gasteiger partial charge in [-0.05, 0) is 32.4 Å². The number of nitrogens with one attached hydrogen (secondary N) is 1. The lowest BCUT2D eigenvalue weighted by molar-refractivity contribution is -0.186. The molecule has 2 aliphatic rings. The minimum Gasteiger partial charge on any atom is -0.348 e. The van der Waals surface area contributed by atoms with Gasteiger partial charge in [0.15, 0.2) is 5.79 Å². The molecule has 3 rings (SSSR count). The summed E-state index contributed by atoms with van der Waals surface area (Å²) in [5.74, 6) is -0.287. The van der Waals surface area contributed by atoms with Crippen LogP contribution < -0.4 is 5.32 Å². The first-order valence-corrected chi connectivity index (χ1v) is 7.22. The standard InChI is InChI=1S/C16H23NO2/c1-13-3-5-14(6-4-13)15(17-2)7-9-16(10-8-15)18-11-12-19-16/h3-6,17H,7-12H2,1-2H3. The van der Waals surface area contributed by atoms with Crippen LogP contribution in [0.4, 0.5) is 0 Å². The first kappa shape index (κ1) is 13.1. The van der Waals surface area contributed by atoms with Gasteiger partial charge >= 0.3 is 0 Å². The van der Waals surface area contributed by atoms with E-state index in [9.17, 15) is 0 Å². The van der Waals surface area contributed by atoms with Gasteiger partial charge in [-0.2, -0.15) is 0 Å². The lowest BCUT2D eigenvalue weighted by Gasteiger charge is -2.44. The van der Waals surface area contributed by atoms with Gasteiger partial charge in [-0.15, -0.1) is 0 Å². The molecule has 3 heteroatoms. The van der Waals surface area contributed by atoms with Crippen molar-refractivity contribution in [3.8, 4) is 0 Å². The zero-order chi connectivity index (χ0) is 13.3. The number of rotatable bonds is 2. The summed E-state index contributed by atoms with van der Waals surface area (Å²) in [6.07, 6.45) is 4.07. The molecule has 0 bridgehead atoms. The molecular weight excluding hydrogens is 238 g/mol. The van der Waals surface area contributed by atoms with E-state index in [0.29, 0.717) is 0 Å². The van der Waals surface area contributed by atoms with Crippen LogP contribution >= 0.6 is 0 Å². The van der Waals surface area contributed by atoms with E-state index < -0.39 is 0 Å². The molecule has 1 heterocycles. The van der Waals surface area contributed by atoms with Crippen LogP contribution in [0.25, 0.3) is 0 Å². The quantitative estimate of drug-likeness (QED) is 0.888. The Balaban J connectivity index is 1.80. The fourth-order valence-corrected chi connectivity index (χ4v) is 3.40. The topological polar surface area (TPSA) is 30.5 Å². The summed E-state index contributed by atoms with van der Waals surface area (Å²) < 4.78 is 11.6. The van der Waals surface area contributed by atoms with E-state index in [1.165, 1.54) is 11.1 Å². The minimum absolute atomic E-state index is 0.0776. The second kappa shape index (κ2) is 4.89. The summed E-state index contributed by atoms with van der Waals surface area (Å²) in [6, 6.07) is 8.89. The van der Waals surface area contributed by atoms with Crippen molar-refractivity contribution in [1.82, 2.24) is 5.32 Å². The van der Waals surface area contributed by atoms with Gasteiger partial charge in [0.25, 0.3) is 0 Å². The molecule has 1 aliphatic heterocycles. The van der Waals surface area contributed by atoms with Gasteiger partial charge in [-0.25, -0.2) is 0 Å². The third kappa shape index (κ3) is 2.31. The van der Waals surface area contributed by atoms with Crippen LogP contribution in [0.15, 0.2) is 24.3 Å². The highest BCUT2D eigenvalue weighted by molar-refractivity contribution is 5.29. The molecule has 2 fully saturated rings. The van der Waals surface area contributed by atoms with Gasteiger partial charge in [-0.1, -0.05) is 29.8 Å². The molecule has 1 saturated heterocycles. The second-order valence-electron chi connectivity index (χ2n) is 5.81. The minimum atomic E-state index is -0.287. The van der Waals surface area contributed by atoms with Crippen molar-refractivity contribution in [2.45, 2.75) is 43.9 Å². The van der Waals surface area contributed by atoms with Crippen molar-refractivity contribution < 1.29 is 9.47 Å². The van der Waals surface area contributed by atoms with Crippen LogP contribution in [0.3, 0.4) is 0 Å². The summed E-state index contributed by atoms with van der Waals surface area (Å²) in [6.45, 7) is 3.63. The van der Waals surface area contributed by atoms with Crippen LogP contribution in [0.1, 0.15) is 36.8 Å². The van der Waals surface area contributed by atoms with E-state index in [1.54, 1.807) is 0 Å². The first-order chi connectivity index (χ1) is 9.18. The highest BCUT2D eigenvalue weighted by Gasteiger charge is 2.46. The van der Waals surface area contributed by atoms with Gasteiger partial charge in [0.1, 0.15) is 0 Å². The van der Waals surface area contributed by atoms with Crippen molar-refractivity contribution in [3.63, 3.8) is 0 Å². The van der Waals surface area contributed by atoms with Crippen LogP contribution in [-0.4, -0.2) is 26.0 Å². The molecule has 1 spiro atoms. The van der Waals surface area contributed by atoms with E-state index in [-0.39, 0.29) is 11.3 Å². The lowest BCUT2D eigenvalue weighted by Crippen LogP contribution is -2.48. The van der Waals surface area contributed by atoms with Gasteiger partial charge < -0.3 is 14.8 Å². The molecule has 0 aromatic heterocycles. The molecule has 0 amide bonds. The average molecular weight is 261 g/mol. The highest BCUT2D eigenvalue weighted by Crippen LogP contribution is 2.44. The van der Waals surface area contributed by atoms with Gasteiger partial charge in [0.2, 0.25) is 0 Å². The number of benzene rings is 1. The summed E-state index contributed by atoms with van der Waals surface area (Å²) in [5, 5.41) is 3.55. The van der Waals surface area contributed by atoms with Crippen molar-refractivity contribution in [2.24, 2.45) is 0 Å². The SMILES string of the molecule is CNC1(c2ccc(C)cc2)CCC2(CC1)OCCO2. The maximum Gasteiger partial charge on any atom is 0.168 e. The van der Waals surface area contributed by atoms with E-state index >= 15 is 0 Å². The smallest absolute Gasteiger partial charge is 0.168 e. The van der Waals surface area contributed by atoms with E-state index in [2.05, 4.69) is 43.6 Å². The Morgan fingerprint density at radius 2 is 1.53 bits per heavy atom. The van der Waals surface area contributed by atoms with Crippen LogP contribution in [0.2, 0.25) is 0 Å². The van der Waals surface area contributed by atoms with Gasteiger partial charge in [-0.3, -0.25) is 0 Å². The predicted molar refractivity (Wildman–Crippen MR) is 75.0 cm³/mol. The zero-order valence-electron chi connectivity index (χ0n) is 11.9. The van der Waals surface area contributed by atoms with E-state index in [4.69, 9.17) is 9.47 Å². The van der Waals surface area contributed by atoms with Crippen molar-refractivity contribution in [2.75, 3.05) is 20.3 Å². The summed E-state index contributed by atoms with van der Waals surface area (Å²) in [5.41, 5.74) is 2.77. The molecule has 1 N–H and O–H groups in total. The van der Waals surface area contributed by atoms with Crippen LogP contribution in [0, 0.1) is 6.92 Å². The fourth-order valence-electron chi connectivity index (χ4n) is 3.40. The molecule has 1 aliphatic carbocycles.